The minimum atomic E-state index is -1.24. The predicted molar refractivity (Wildman–Crippen MR) is 281 cm³/mol. The lowest BCUT2D eigenvalue weighted by Crippen LogP contribution is -2.15. The fraction of sp³-hybridized carbons (Fsp3) is 0. The zero-order chi connectivity index (χ0) is 49.9. The number of hydrogen-bond acceptors (Lipinski definition) is 2. The molecule has 0 aliphatic carbocycles. The van der Waals surface area contributed by atoms with Gasteiger partial charge in [-0.1, -0.05) is 188 Å². The number of benzene rings is 12. The number of rotatable bonds is 10. The smallest absolute Gasteiger partial charge is 0.148 e. The van der Waals surface area contributed by atoms with E-state index in [1.807, 2.05) is 211 Å². The number of hydrogen-bond donors (Lipinski definition) is 0. The maximum absolute atomic E-state index is 17.8. The van der Waals surface area contributed by atoms with Crippen LogP contribution in [0, 0.1) is 17.5 Å². The van der Waals surface area contributed by atoms with E-state index in [1.54, 1.807) is 12.1 Å². The van der Waals surface area contributed by atoms with Crippen molar-refractivity contribution in [2.24, 2.45) is 0 Å². The van der Waals surface area contributed by atoms with Crippen molar-refractivity contribution in [2.75, 3.05) is 9.80 Å². The second kappa shape index (κ2) is 17.4. The van der Waals surface area contributed by atoms with Gasteiger partial charge < -0.3 is 9.80 Å². The summed E-state index contributed by atoms with van der Waals surface area (Å²) in [6.07, 6.45) is 0. The van der Waals surface area contributed by atoms with E-state index in [4.69, 9.17) is 4.11 Å². The minimum absolute atomic E-state index is 0.108. The molecule has 2 nitrogen and oxygen atoms in total. The highest BCUT2D eigenvalue weighted by molar-refractivity contribution is 6.28. The molecular weight excluding hydrogens is 854 g/mol. The maximum atomic E-state index is 17.8. The van der Waals surface area contributed by atoms with Gasteiger partial charge in [0.05, 0.1) is 33.9 Å². The van der Waals surface area contributed by atoms with Crippen molar-refractivity contribution in [1.82, 2.24) is 0 Å². The SMILES string of the molecule is [2H]c1c([2H])c([2H])c(N(c2c(F)cc(-c3ccccc3)cc2-c2ccccc2)c2ccc3ccc4c(N(c5ccccc5)c5c(F)cc(-c6ccccc6)cc5-c5ccccc5)ccc5ccc2c3c54)c(F)c1[2H]. The number of anilines is 6. The molecule has 328 valence electrons. The first kappa shape index (κ1) is 37.2. The van der Waals surface area contributed by atoms with Crippen molar-refractivity contribution in [3.63, 3.8) is 0 Å². The Labute approximate surface area is 404 Å². The molecule has 12 aromatic rings. The minimum Gasteiger partial charge on any atom is -0.307 e. The van der Waals surface area contributed by atoms with Crippen LogP contribution in [-0.4, -0.2) is 0 Å². The zero-order valence-corrected chi connectivity index (χ0v) is 36.9. The Morgan fingerprint density at radius 2 is 0.710 bits per heavy atom. The molecule has 0 bridgehead atoms. The molecule has 0 atom stereocenters. The summed E-state index contributed by atoms with van der Waals surface area (Å²) < 4.78 is 88.0. The number of halogens is 3. The van der Waals surface area contributed by atoms with E-state index in [2.05, 4.69) is 0 Å². The molecule has 5 heteroatoms. The van der Waals surface area contributed by atoms with Crippen molar-refractivity contribution in [3.05, 3.63) is 266 Å². The largest absolute Gasteiger partial charge is 0.307 e. The van der Waals surface area contributed by atoms with Crippen LogP contribution >= 0.6 is 0 Å². The Kier molecular flexibility index (Phi) is 9.37. The van der Waals surface area contributed by atoms with Gasteiger partial charge in [-0.05, 0) is 116 Å². The van der Waals surface area contributed by atoms with Gasteiger partial charge in [-0.15, -0.1) is 0 Å². The van der Waals surface area contributed by atoms with Crippen LogP contribution in [0.4, 0.5) is 47.3 Å². The normalized spacial score (nSPS) is 12.2. The van der Waals surface area contributed by atoms with Crippen LogP contribution in [0.15, 0.2) is 249 Å². The van der Waals surface area contributed by atoms with E-state index < -0.39 is 47.3 Å². The number of para-hydroxylation sites is 2. The van der Waals surface area contributed by atoms with E-state index >= 15 is 13.2 Å². The lowest BCUT2D eigenvalue weighted by Gasteiger charge is -2.31. The van der Waals surface area contributed by atoms with Crippen molar-refractivity contribution < 1.29 is 18.7 Å². The molecule has 0 N–H and O–H groups in total. The van der Waals surface area contributed by atoms with Gasteiger partial charge >= 0.3 is 0 Å². The van der Waals surface area contributed by atoms with Gasteiger partial charge in [0.2, 0.25) is 0 Å². The van der Waals surface area contributed by atoms with E-state index in [0.29, 0.717) is 44.7 Å². The van der Waals surface area contributed by atoms with E-state index in [-0.39, 0.29) is 11.4 Å². The van der Waals surface area contributed by atoms with Crippen LogP contribution in [0.1, 0.15) is 5.48 Å². The molecule has 0 radical (unpaired) electrons. The predicted octanol–water partition coefficient (Wildman–Crippen LogP) is 18.6. The highest BCUT2D eigenvalue weighted by atomic mass is 19.1. The Morgan fingerprint density at radius 1 is 0.319 bits per heavy atom. The molecule has 0 aromatic heterocycles. The molecular formula is C64H41F3N2. The Bertz CT molecular complexity index is 4020. The summed E-state index contributed by atoms with van der Waals surface area (Å²) in [7, 11) is 0. The molecule has 0 fully saturated rings. The summed E-state index contributed by atoms with van der Waals surface area (Å²) in [6, 6.07) is 66.9. The Hall–Kier alpha value is -8.93. The average Bonchev–Trinajstić information content (AvgIpc) is 3.44. The van der Waals surface area contributed by atoms with Gasteiger partial charge in [0.15, 0.2) is 0 Å². The van der Waals surface area contributed by atoms with Crippen LogP contribution in [0.25, 0.3) is 76.8 Å². The van der Waals surface area contributed by atoms with Gasteiger partial charge in [0, 0.05) is 27.6 Å². The van der Waals surface area contributed by atoms with Crippen molar-refractivity contribution in [3.8, 4) is 44.5 Å². The van der Waals surface area contributed by atoms with Crippen molar-refractivity contribution in [2.45, 2.75) is 0 Å². The third-order valence-corrected chi connectivity index (χ3v) is 12.9. The summed E-state index contributed by atoms with van der Waals surface area (Å²) in [5.74, 6) is -2.41. The van der Waals surface area contributed by atoms with E-state index in [9.17, 15) is 1.37 Å². The van der Waals surface area contributed by atoms with Crippen LogP contribution in [-0.2, 0) is 0 Å². The van der Waals surface area contributed by atoms with Gasteiger partial charge in [0.25, 0.3) is 0 Å². The first-order valence-corrected chi connectivity index (χ1v) is 22.7. The van der Waals surface area contributed by atoms with Crippen molar-refractivity contribution >= 4 is 66.4 Å². The standard InChI is InChI=1S/C64H41F3N2/c65-55-28-16-17-29-60(55)69(64-54(45-24-12-4-13-25-45)39-49(41-57(64)67)43-20-8-2-9-21-43)59-37-33-47-30-34-51-58(36-32-46-31-35-52(59)62(47)61(46)51)68(50-26-14-5-15-27-50)63-53(44-22-10-3-11-23-44)38-48(40-56(63)66)42-18-6-1-7-19-42/h1-41H/i16D,17D,28D,29D. The lowest BCUT2D eigenvalue weighted by atomic mass is 9.90. The van der Waals surface area contributed by atoms with E-state index in [0.717, 1.165) is 49.2 Å². The second-order valence-corrected chi connectivity index (χ2v) is 16.9. The van der Waals surface area contributed by atoms with Crippen LogP contribution in [0.5, 0.6) is 0 Å². The van der Waals surface area contributed by atoms with Crippen LogP contribution in [0.3, 0.4) is 0 Å². The number of nitrogens with zero attached hydrogens (tertiary/aromatic N) is 2. The highest BCUT2D eigenvalue weighted by Crippen LogP contribution is 2.52. The molecule has 0 aliphatic rings. The molecule has 0 spiro atoms. The third-order valence-electron chi connectivity index (χ3n) is 12.9. The molecule has 0 saturated carbocycles. The molecule has 12 aromatic carbocycles. The molecule has 69 heavy (non-hydrogen) atoms. The highest BCUT2D eigenvalue weighted by Gasteiger charge is 2.29. The average molecular weight is 899 g/mol. The summed E-state index contributed by atoms with van der Waals surface area (Å²) >= 11 is 0. The Balaban J connectivity index is 1.16. The summed E-state index contributed by atoms with van der Waals surface area (Å²) in [5.41, 5.74) is 6.73. The van der Waals surface area contributed by atoms with Crippen LogP contribution < -0.4 is 9.80 Å². The fourth-order valence-electron chi connectivity index (χ4n) is 9.85. The zero-order valence-electron chi connectivity index (χ0n) is 40.9. The van der Waals surface area contributed by atoms with Gasteiger partial charge in [-0.3, -0.25) is 0 Å². The first-order valence-electron chi connectivity index (χ1n) is 24.7. The molecule has 0 heterocycles. The molecule has 0 saturated heterocycles. The molecule has 0 unspecified atom stereocenters. The molecule has 0 amide bonds. The Morgan fingerprint density at radius 3 is 1.19 bits per heavy atom. The molecule has 0 aliphatic heterocycles. The second-order valence-electron chi connectivity index (χ2n) is 16.9. The first-order chi connectivity index (χ1) is 35.7. The van der Waals surface area contributed by atoms with Gasteiger partial charge in [0.1, 0.15) is 17.5 Å². The topological polar surface area (TPSA) is 6.48 Å². The fourth-order valence-corrected chi connectivity index (χ4v) is 9.85. The van der Waals surface area contributed by atoms with Gasteiger partial charge in [-0.2, -0.15) is 0 Å². The monoisotopic (exact) mass is 898 g/mol. The van der Waals surface area contributed by atoms with Gasteiger partial charge in [-0.25, -0.2) is 13.2 Å². The maximum Gasteiger partial charge on any atom is 0.148 e. The quantitative estimate of drug-likeness (QED) is 0.126. The van der Waals surface area contributed by atoms with Crippen molar-refractivity contribution in [1.29, 1.82) is 0 Å². The van der Waals surface area contributed by atoms with Crippen LogP contribution in [0.2, 0.25) is 0 Å². The molecule has 12 rings (SSSR count). The summed E-state index contributed by atoms with van der Waals surface area (Å²) in [5, 5.41) is 4.52. The summed E-state index contributed by atoms with van der Waals surface area (Å²) in [4.78, 5) is 3.27. The summed E-state index contributed by atoms with van der Waals surface area (Å²) in [6.45, 7) is 0. The lowest BCUT2D eigenvalue weighted by molar-refractivity contribution is 0.620. The third kappa shape index (κ3) is 7.32. The van der Waals surface area contributed by atoms with E-state index in [1.165, 1.54) is 11.0 Å².